The minimum Gasteiger partial charge on any atom is -0.480 e. The number of amides is 3. The van der Waals surface area contributed by atoms with E-state index in [1.807, 2.05) is 0 Å². The number of aliphatic hydroxyl groups is 1. The molecule has 2 rings (SSSR count). The number of carboxylic acid groups (broad SMARTS) is 1. The number of rotatable bonds is 13. The second-order valence-corrected chi connectivity index (χ2v) is 8.93. The number of carboxylic acids is 1. The fraction of sp³-hybridized carbons (Fsp3) is 0.458. The highest BCUT2D eigenvalue weighted by atomic mass is 16.4. The number of hydrogen-bond donors (Lipinski definition) is 7. The molecule has 1 heterocycles. The molecule has 3 amide bonds. The molecule has 12 nitrogen and oxygen atoms in total. The molecule has 8 N–H and O–H groups in total. The Hall–Kier alpha value is -3.77. The molecule has 1 aromatic heterocycles. The van der Waals surface area contributed by atoms with Gasteiger partial charge in [-0.05, 0) is 18.4 Å². The zero-order chi connectivity index (χ0) is 26.8. The van der Waals surface area contributed by atoms with Crippen LogP contribution in [0, 0.1) is 5.92 Å². The zero-order valence-corrected chi connectivity index (χ0v) is 20.5. The van der Waals surface area contributed by atoms with E-state index in [-0.39, 0.29) is 18.8 Å². The Labute approximate surface area is 209 Å². The molecule has 0 spiro atoms. The summed E-state index contributed by atoms with van der Waals surface area (Å²) in [5.74, 6) is -3.65. The van der Waals surface area contributed by atoms with Gasteiger partial charge in [0, 0.05) is 24.7 Å². The second-order valence-electron chi connectivity index (χ2n) is 8.93. The van der Waals surface area contributed by atoms with Gasteiger partial charge in [-0.15, -0.1) is 0 Å². The van der Waals surface area contributed by atoms with Gasteiger partial charge in [0.2, 0.25) is 17.7 Å². The Bertz CT molecular complexity index is 1010. The first-order valence-corrected chi connectivity index (χ1v) is 11.6. The number of aliphatic hydroxyl groups excluding tert-OH is 1. The average molecular weight is 503 g/mol. The summed E-state index contributed by atoms with van der Waals surface area (Å²) in [7, 11) is 0. The summed E-state index contributed by atoms with van der Waals surface area (Å²) < 4.78 is 0. The van der Waals surface area contributed by atoms with E-state index < -0.39 is 54.0 Å². The first-order chi connectivity index (χ1) is 17.0. The Morgan fingerprint density at radius 2 is 1.58 bits per heavy atom. The van der Waals surface area contributed by atoms with Crippen molar-refractivity contribution in [2.24, 2.45) is 11.7 Å². The van der Waals surface area contributed by atoms with Crippen molar-refractivity contribution >= 4 is 23.7 Å². The summed E-state index contributed by atoms with van der Waals surface area (Å²) in [6.45, 7) is 4.80. The fourth-order valence-corrected chi connectivity index (χ4v) is 3.37. The molecule has 2 aromatic rings. The van der Waals surface area contributed by atoms with Crippen LogP contribution in [0.3, 0.4) is 0 Å². The van der Waals surface area contributed by atoms with Crippen LogP contribution in [0.4, 0.5) is 0 Å². The number of hydrogen-bond acceptors (Lipinski definition) is 7. The zero-order valence-electron chi connectivity index (χ0n) is 20.5. The summed E-state index contributed by atoms with van der Waals surface area (Å²) in [4.78, 5) is 57.0. The van der Waals surface area contributed by atoms with E-state index in [2.05, 4.69) is 25.9 Å². The third-order valence-corrected chi connectivity index (χ3v) is 5.59. The molecular formula is C24H34N6O6. The molecular weight excluding hydrogens is 468 g/mol. The van der Waals surface area contributed by atoms with Crippen LogP contribution in [-0.2, 0) is 32.0 Å². The number of imidazole rings is 1. The second kappa shape index (κ2) is 13.4. The van der Waals surface area contributed by atoms with Crippen LogP contribution in [0.1, 0.15) is 32.0 Å². The summed E-state index contributed by atoms with van der Waals surface area (Å²) in [5, 5.41) is 27.2. The molecule has 0 saturated heterocycles. The van der Waals surface area contributed by atoms with Crippen LogP contribution in [0.5, 0.6) is 0 Å². The van der Waals surface area contributed by atoms with Gasteiger partial charge in [-0.2, -0.15) is 0 Å². The largest absolute Gasteiger partial charge is 0.480 e. The van der Waals surface area contributed by atoms with Crippen LogP contribution in [0.15, 0.2) is 42.9 Å². The van der Waals surface area contributed by atoms with Gasteiger partial charge in [-0.25, -0.2) is 9.78 Å². The molecule has 0 aliphatic carbocycles. The molecule has 196 valence electrons. The summed E-state index contributed by atoms with van der Waals surface area (Å²) in [6, 6.07) is 4.05. The molecule has 0 radical (unpaired) electrons. The molecule has 0 fully saturated rings. The number of benzene rings is 1. The number of nitrogens with two attached hydrogens (primary N) is 1. The smallest absolute Gasteiger partial charge is 0.326 e. The highest BCUT2D eigenvalue weighted by Crippen LogP contribution is 2.07. The Morgan fingerprint density at radius 3 is 2.11 bits per heavy atom. The van der Waals surface area contributed by atoms with Gasteiger partial charge < -0.3 is 36.9 Å². The molecule has 0 aliphatic rings. The van der Waals surface area contributed by atoms with Crippen LogP contribution in [0.25, 0.3) is 0 Å². The van der Waals surface area contributed by atoms with Gasteiger partial charge in [0.05, 0.1) is 18.5 Å². The van der Waals surface area contributed by atoms with Crippen molar-refractivity contribution in [1.82, 2.24) is 25.9 Å². The maximum Gasteiger partial charge on any atom is 0.326 e. The third-order valence-electron chi connectivity index (χ3n) is 5.59. The number of aromatic nitrogens is 2. The lowest BCUT2D eigenvalue weighted by atomic mass is 10.0. The fourth-order valence-electron chi connectivity index (χ4n) is 3.37. The molecule has 0 bridgehead atoms. The standard InChI is InChI=1S/C24H34N6O6/c1-13(2)19(25)22(33)30-20(14(3)31)23(34)28-17(9-15-7-5-4-6-8-15)21(32)29-18(24(35)36)10-16-11-26-12-27-16/h4-8,11-14,17-20,31H,9-10,25H2,1-3H3,(H,26,27)(H,28,34)(H,29,32)(H,30,33)(H,35,36). The van der Waals surface area contributed by atoms with Crippen molar-refractivity contribution in [3.63, 3.8) is 0 Å². The Balaban J connectivity index is 2.22. The molecule has 5 atom stereocenters. The SMILES string of the molecule is CC(C)C(N)C(=O)NC(C(=O)NC(Cc1ccccc1)C(=O)NC(Cc1cnc[nH]1)C(=O)O)C(C)O. The first-order valence-electron chi connectivity index (χ1n) is 11.6. The first kappa shape index (κ1) is 28.5. The Kier molecular flexibility index (Phi) is 10.6. The van der Waals surface area contributed by atoms with Crippen LogP contribution in [-0.4, -0.2) is 74.1 Å². The van der Waals surface area contributed by atoms with Crippen molar-refractivity contribution in [2.45, 2.75) is 63.9 Å². The van der Waals surface area contributed by atoms with Crippen molar-refractivity contribution < 1.29 is 29.4 Å². The third kappa shape index (κ3) is 8.47. The maximum absolute atomic E-state index is 13.2. The van der Waals surface area contributed by atoms with Crippen molar-refractivity contribution in [2.75, 3.05) is 0 Å². The minimum absolute atomic E-state index is 0.0425. The molecule has 12 heteroatoms. The lowest BCUT2D eigenvalue weighted by Crippen LogP contribution is -2.60. The van der Waals surface area contributed by atoms with E-state index in [4.69, 9.17) is 5.73 Å². The highest BCUT2D eigenvalue weighted by molar-refractivity contribution is 5.94. The summed E-state index contributed by atoms with van der Waals surface area (Å²) in [6.07, 6.45) is 1.54. The van der Waals surface area contributed by atoms with E-state index >= 15 is 0 Å². The lowest BCUT2D eigenvalue weighted by molar-refractivity contribution is -0.142. The van der Waals surface area contributed by atoms with E-state index in [1.54, 1.807) is 44.2 Å². The van der Waals surface area contributed by atoms with E-state index in [1.165, 1.54) is 19.4 Å². The number of nitrogens with zero attached hydrogens (tertiary/aromatic N) is 1. The van der Waals surface area contributed by atoms with E-state index in [9.17, 15) is 29.4 Å². The number of H-pyrrole nitrogens is 1. The molecule has 1 aromatic carbocycles. The van der Waals surface area contributed by atoms with Crippen molar-refractivity contribution in [1.29, 1.82) is 0 Å². The predicted octanol–water partition coefficient (Wildman–Crippen LogP) is -0.902. The molecule has 36 heavy (non-hydrogen) atoms. The van der Waals surface area contributed by atoms with Crippen LogP contribution >= 0.6 is 0 Å². The minimum atomic E-state index is -1.38. The topological polar surface area (TPSA) is 200 Å². The number of nitrogens with one attached hydrogen (secondary N) is 4. The van der Waals surface area contributed by atoms with Gasteiger partial charge in [0.1, 0.15) is 18.1 Å². The van der Waals surface area contributed by atoms with Crippen molar-refractivity contribution in [3.05, 3.63) is 54.1 Å². The monoisotopic (exact) mass is 502 g/mol. The number of aliphatic carboxylic acids is 1. The van der Waals surface area contributed by atoms with Crippen molar-refractivity contribution in [3.8, 4) is 0 Å². The number of carbonyl (C=O) groups is 4. The van der Waals surface area contributed by atoms with Gasteiger partial charge in [0.25, 0.3) is 0 Å². The van der Waals surface area contributed by atoms with Crippen LogP contribution in [0.2, 0.25) is 0 Å². The van der Waals surface area contributed by atoms with E-state index in [0.29, 0.717) is 11.3 Å². The van der Waals surface area contributed by atoms with Crippen LogP contribution < -0.4 is 21.7 Å². The summed E-state index contributed by atoms with van der Waals surface area (Å²) in [5.41, 5.74) is 7.06. The quantitative estimate of drug-likeness (QED) is 0.183. The molecule has 0 aliphatic heterocycles. The number of aromatic amines is 1. The van der Waals surface area contributed by atoms with Gasteiger partial charge in [-0.1, -0.05) is 44.2 Å². The number of carbonyl (C=O) groups excluding carboxylic acids is 3. The Morgan fingerprint density at radius 1 is 0.944 bits per heavy atom. The normalized spacial score (nSPS) is 15.3. The lowest BCUT2D eigenvalue weighted by Gasteiger charge is -2.27. The highest BCUT2D eigenvalue weighted by Gasteiger charge is 2.33. The molecule has 0 saturated carbocycles. The van der Waals surface area contributed by atoms with Gasteiger partial charge in [0.15, 0.2) is 0 Å². The van der Waals surface area contributed by atoms with E-state index in [0.717, 1.165) is 0 Å². The maximum atomic E-state index is 13.2. The van der Waals surface area contributed by atoms with Gasteiger partial charge in [-0.3, -0.25) is 14.4 Å². The van der Waals surface area contributed by atoms with Gasteiger partial charge >= 0.3 is 5.97 Å². The molecule has 5 unspecified atom stereocenters. The average Bonchev–Trinajstić information content (AvgIpc) is 3.34. The summed E-state index contributed by atoms with van der Waals surface area (Å²) >= 11 is 0. The predicted molar refractivity (Wildman–Crippen MR) is 130 cm³/mol.